The number of rotatable bonds is 7. The molecule has 0 aliphatic carbocycles. The molecule has 2 aromatic rings. The van der Waals surface area contributed by atoms with Crippen LogP contribution >= 0.6 is 28.3 Å². The van der Waals surface area contributed by atoms with E-state index in [4.69, 9.17) is 4.74 Å². The maximum Gasteiger partial charge on any atom is 0.322 e. The molecule has 2 aromatic carbocycles. The number of ketones is 1. The van der Waals surface area contributed by atoms with E-state index < -0.39 is 11.6 Å². The van der Waals surface area contributed by atoms with Crippen LogP contribution in [0.25, 0.3) is 10.8 Å². The van der Waals surface area contributed by atoms with Crippen LogP contribution in [0.15, 0.2) is 34.8 Å². The second kappa shape index (κ2) is 10.2. The zero-order valence-corrected chi connectivity index (χ0v) is 20.3. The number of carbonyl (C=O) groups excluding carboxylic acids is 3. The molecule has 2 fully saturated rings. The normalized spacial score (nSPS) is 17.7. The lowest BCUT2D eigenvalue weighted by molar-refractivity contribution is -0.125. The number of piperidine rings is 1. The van der Waals surface area contributed by atoms with E-state index in [1.165, 1.54) is 0 Å². The van der Waals surface area contributed by atoms with Crippen molar-refractivity contribution < 1.29 is 19.1 Å². The third-order valence-electron chi connectivity index (χ3n) is 6.29. The molecule has 0 atom stereocenters. The van der Waals surface area contributed by atoms with Gasteiger partial charge in [-0.25, -0.2) is 4.79 Å². The molecule has 0 saturated carbocycles. The first-order valence-corrected chi connectivity index (χ1v) is 11.4. The Morgan fingerprint density at radius 1 is 1.16 bits per heavy atom. The van der Waals surface area contributed by atoms with Crippen LogP contribution in [-0.4, -0.2) is 54.9 Å². The number of benzene rings is 2. The van der Waals surface area contributed by atoms with E-state index in [2.05, 4.69) is 31.5 Å². The molecule has 1 spiro atoms. The van der Waals surface area contributed by atoms with Gasteiger partial charge in [0.05, 0.1) is 12.7 Å². The van der Waals surface area contributed by atoms with Gasteiger partial charge in [0.25, 0.3) is 5.91 Å². The lowest BCUT2D eigenvalue weighted by Crippen LogP contribution is -2.54. The lowest BCUT2D eigenvalue weighted by Gasteiger charge is -2.36. The molecule has 2 heterocycles. The van der Waals surface area contributed by atoms with Crippen molar-refractivity contribution in [3.8, 4) is 5.75 Å². The summed E-state index contributed by atoms with van der Waals surface area (Å²) in [6.45, 7) is 2.39. The number of likely N-dealkylation sites (tertiary alicyclic amines) is 1. The van der Waals surface area contributed by atoms with Crippen LogP contribution in [0.5, 0.6) is 5.75 Å². The zero-order valence-electron chi connectivity index (χ0n) is 17.9. The van der Waals surface area contributed by atoms with Gasteiger partial charge in [0.1, 0.15) is 11.3 Å². The molecule has 0 radical (unpaired) electrons. The minimum Gasteiger partial charge on any atom is -0.496 e. The molecule has 32 heavy (non-hydrogen) atoms. The molecule has 2 saturated heterocycles. The molecule has 172 valence electrons. The molecule has 2 N–H and O–H groups in total. The molecule has 2 aliphatic rings. The van der Waals surface area contributed by atoms with E-state index in [1.807, 2.05) is 30.3 Å². The monoisotopic (exact) mass is 523 g/mol. The SMILES string of the molecule is COc1ccc2cc(Br)ccc2c1C(=O)CCCCN1CCC2(CC1)NC(=O)NC2=O.Cl. The molecular weight excluding hydrogens is 498 g/mol. The lowest BCUT2D eigenvalue weighted by atomic mass is 9.87. The maximum absolute atomic E-state index is 13.0. The van der Waals surface area contributed by atoms with Gasteiger partial charge in [-0.05, 0) is 61.2 Å². The molecule has 0 aromatic heterocycles. The summed E-state index contributed by atoms with van der Waals surface area (Å²) in [5.41, 5.74) is -0.0842. The standard InChI is InChI=1S/C23H26BrN3O4.ClH/c1-31-19-8-5-15-14-16(24)6-7-17(15)20(19)18(28)4-2-3-11-27-12-9-23(10-13-27)21(29)25-22(30)26-23;/h5-8,14H,2-4,9-13H2,1H3,(H2,25,26,29,30);1H. The first-order chi connectivity index (χ1) is 14.9. The number of unbranched alkanes of at least 4 members (excludes halogenated alkanes) is 1. The highest BCUT2D eigenvalue weighted by Gasteiger charge is 2.47. The zero-order chi connectivity index (χ0) is 22.0. The Morgan fingerprint density at radius 2 is 1.91 bits per heavy atom. The van der Waals surface area contributed by atoms with E-state index in [9.17, 15) is 14.4 Å². The topological polar surface area (TPSA) is 87.7 Å². The Hall–Kier alpha value is -2.16. The van der Waals surface area contributed by atoms with Gasteiger partial charge in [-0.1, -0.05) is 28.1 Å². The average Bonchev–Trinajstić information content (AvgIpc) is 3.03. The maximum atomic E-state index is 13.0. The first-order valence-electron chi connectivity index (χ1n) is 10.6. The Balaban J connectivity index is 0.00000289. The van der Waals surface area contributed by atoms with Crippen LogP contribution in [0.2, 0.25) is 0 Å². The predicted octanol–water partition coefficient (Wildman–Crippen LogP) is 4.06. The van der Waals surface area contributed by atoms with Crippen LogP contribution in [0.3, 0.4) is 0 Å². The van der Waals surface area contributed by atoms with Crippen molar-refractivity contribution in [3.63, 3.8) is 0 Å². The highest BCUT2D eigenvalue weighted by molar-refractivity contribution is 9.10. The molecule has 3 amide bonds. The van der Waals surface area contributed by atoms with Gasteiger partial charge in [-0.3, -0.25) is 14.9 Å². The summed E-state index contributed by atoms with van der Waals surface area (Å²) in [5, 5.41) is 7.03. The smallest absolute Gasteiger partial charge is 0.322 e. The summed E-state index contributed by atoms with van der Waals surface area (Å²) in [4.78, 5) is 38.8. The van der Waals surface area contributed by atoms with Crippen molar-refractivity contribution in [1.82, 2.24) is 15.5 Å². The van der Waals surface area contributed by atoms with Gasteiger partial charge >= 0.3 is 6.03 Å². The number of ether oxygens (including phenoxy) is 1. The third kappa shape index (κ3) is 4.92. The molecule has 2 aliphatic heterocycles. The average molecular weight is 525 g/mol. The Bertz CT molecular complexity index is 1040. The fourth-order valence-electron chi connectivity index (χ4n) is 4.52. The van der Waals surface area contributed by atoms with Crippen molar-refractivity contribution in [2.75, 3.05) is 26.7 Å². The van der Waals surface area contributed by atoms with Gasteiger partial charge in [0.2, 0.25) is 0 Å². The number of nitrogens with one attached hydrogen (secondary N) is 2. The number of carbonyl (C=O) groups is 3. The Morgan fingerprint density at radius 3 is 2.56 bits per heavy atom. The van der Waals surface area contributed by atoms with Crippen LogP contribution in [0.1, 0.15) is 42.5 Å². The fourth-order valence-corrected chi connectivity index (χ4v) is 4.90. The number of hydrogen-bond acceptors (Lipinski definition) is 5. The summed E-state index contributed by atoms with van der Waals surface area (Å²) in [7, 11) is 1.59. The van der Waals surface area contributed by atoms with Gasteiger partial charge in [-0.15, -0.1) is 12.4 Å². The van der Waals surface area contributed by atoms with Crippen molar-refractivity contribution in [2.24, 2.45) is 0 Å². The van der Waals surface area contributed by atoms with E-state index in [-0.39, 0.29) is 24.1 Å². The van der Waals surface area contributed by atoms with E-state index >= 15 is 0 Å². The predicted molar refractivity (Wildman–Crippen MR) is 129 cm³/mol. The van der Waals surface area contributed by atoms with Crippen LogP contribution in [0, 0.1) is 0 Å². The summed E-state index contributed by atoms with van der Waals surface area (Å²) in [6.07, 6.45) is 3.38. The number of fused-ring (bicyclic) bond motifs is 1. The van der Waals surface area contributed by atoms with E-state index in [0.29, 0.717) is 30.6 Å². The summed E-state index contributed by atoms with van der Waals surface area (Å²) < 4.78 is 6.44. The Kier molecular flexibility index (Phi) is 7.79. The number of imide groups is 1. The van der Waals surface area contributed by atoms with Crippen molar-refractivity contribution in [2.45, 2.75) is 37.6 Å². The van der Waals surface area contributed by atoms with Gasteiger partial charge in [0.15, 0.2) is 5.78 Å². The quantitative estimate of drug-likeness (QED) is 0.324. The number of amides is 3. The van der Waals surface area contributed by atoms with Gasteiger partial charge in [0, 0.05) is 24.0 Å². The minimum atomic E-state index is -0.733. The van der Waals surface area contributed by atoms with E-state index in [1.54, 1.807) is 7.11 Å². The summed E-state index contributed by atoms with van der Waals surface area (Å²) >= 11 is 3.48. The number of urea groups is 1. The summed E-state index contributed by atoms with van der Waals surface area (Å²) in [5.74, 6) is 0.490. The number of methoxy groups -OCH3 is 1. The highest BCUT2D eigenvalue weighted by atomic mass is 79.9. The van der Waals surface area contributed by atoms with Crippen LogP contribution < -0.4 is 15.4 Å². The molecule has 0 bridgehead atoms. The fraction of sp³-hybridized carbons (Fsp3) is 0.435. The molecule has 9 heteroatoms. The van der Waals surface area contributed by atoms with Gasteiger partial charge in [-0.2, -0.15) is 0 Å². The Labute approximate surface area is 201 Å². The minimum absolute atomic E-state index is 0. The number of Topliss-reactive ketones (excluding diaryl/α,β-unsaturated/α-hetero) is 1. The van der Waals surface area contributed by atoms with Crippen molar-refractivity contribution >= 4 is 56.8 Å². The van der Waals surface area contributed by atoms with Crippen LogP contribution in [-0.2, 0) is 4.79 Å². The molecule has 4 rings (SSSR count). The number of halogens is 2. The number of hydrogen-bond donors (Lipinski definition) is 2. The van der Waals surface area contributed by atoms with Crippen molar-refractivity contribution in [3.05, 3.63) is 40.4 Å². The number of nitrogens with zero attached hydrogens (tertiary/aromatic N) is 1. The second-order valence-electron chi connectivity index (χ2n) is 8.22. The summed E-state index contributed by atoms with van der Waals surface area (Å²) in [6, 6.07) is 9.32. The first kappa shape index (κ1) is 24.5. The third-order valence-corrected chi connectivity index (χ3v) is 6.79. The van der Waals surface area contributed by atoms with Gasteiger partial charge < -0.3 is 15.0 Å². The molecule has 0 unspecified atom stereocenters. The van der Waals surface area contributed by atoms with Crippen LogP contribution in [0.4, 0.5) is 4.79 Å². The van der Waals surface area contributed by atoms with Crippen molar-refractivity contribution in [1.29, 1.82) is 0 Å². The molecular formula is C23H27BrClN3O4. The molecule has 7 nitrogen and oxygen atoms in total. The largest absolute Gasteiger partial charge is 0.496 e. The van der Waals surface area contributed by atoms with E-state index in [0.717, 1.165) is 47.7 Å². The highest BCUT2D eigenvalue weighted by Crippen LogP contribution is 2.31. The second-order valence-corrected chi connectivity index (χ2v) is 9.14.